The van der Waals surface area contributed by atoms with Gasteiger partial charge in [-0.25, -0.2) is 0 Å². The normalized spacial score (nSPS) is 11.8. The Hall–Kier alpha value is -1.30. The molecule has 1 heterocycles. The molecule has 0 aliphatic heterocycles. The van der Waals surface area contributed by atoms with Crippen LogP contribution >= 0.6 is 11.5 Å². The third-order valence-electron chi connectivity index (χ3n) is 3.35. The van der Waals surface area contributed by atoms with Crippen molar-refractivity contribution >= 4 is 11.5 Å². The Morgan fingerprint density at radius 1 is 1.19 bits per heavy atom. The first-order valence-corrected chi connectivity index (χ1v) is 7.91. The number of hydrogen-bond acceptors (Lipinski definition) is 5. The lowest BCUT2D eigenvalue weighted by Gasteiger charge is -2.19. The average Bonchev–Trinajstić information content (AvgIpc) is 2.91. The van der Waals surface area contributed by atoms with E-state index in [1.54, 1.807) is 7.11 Å². The topological polar surface area (TPSA) is 47.0 Å². The first-order valence-electron chi connectivity index (χ1n) is 7.14. The third-order valence-corrected chi connectivity index (χ3v) is 4.07. The van der Waals surface area contributed by atoms with E-state index in [1.165, 1.54) is 17.1 Å². The zero-order chi connectivity index (χ0) is 15.3. The summed E-state index contributed by atoms with van der Waals surface area (Å²) in [6.45, 7) is 8.97. The van der Waals surface area contributed by atoms with Crippen molar-refractivity contribution in [2.24, 2.45) is 0 Å². The molecule has 0 saturated heterocycles. The number of ether oxygens (including phenoxy) is 1. The van der Waals surface area contributed by atoms with Crippen LogP contribution in [0.5, 0.6) is 0 Å². The number of nitrogens with zero attached hydrogens (tertiary/aromatic N) is 2. The molecule has 0 unspecified atom stereocenters. The van der Waals surface area contributed by atoms with Gasteiger partial charge in [0, 0.05) is 25.8 Å². The van der Waals surface area contributed by atoms with Gasteiger partial charge in [0.15, 0.2) is 0 Å². The Morgan fingerprint density at radius 3 is 2.52 bits per heavy atom. The van der Waals surface area contributed by atoms with E-state index in [2.05, 4.69) is 59.9 Å². The predicted octanol–water partition coefficient (Wildman–Crippen LogP) is 3.24. The first-order chi connectivity index (χ1) is 10.0. The molecule has 1 N–H and O–H groups in total. The molecule has 0 radical (unpaired) electrons. The molecule has 1 aromatic heterocycles. The summed E-state index contributed by atoms with van der Waals surface area (Å²) in [5.41, 5.74) is 3.60. The minimum Gasteiger partial charge on any atom is -0.383 e. The summed E-state index contributed by atoms with van der Waals surface area (Å²) in [6.07, 6.45) is 0. The van der Waals surface area contributed by atoms with Crippen molar-refractivity contribution in [2.75, 3.05) is 20.3 Å². The van der Waals surface area contributed by atoms with Gasteiger partial charge in [0.1, 0.15) is 5.69 Å². The van der Waals surface area contributed by atoms with Crippen LogP contribution in [-0.2, 0) is 16.7 Å². The summed E-state index contributed by atoms with van der Waals surface area (Å²) in [6, 6.07) is 8.62. The molecule has 0 fully saturated rings. The van der Waals surface area contributed by atoms with E-state index in [0.717, 1.165) is 29.2 Å². The van der Waals surface area contributed by atoms with Crippen LogP contribution < -0.4 is 5.32 Å². The SMILES string of the molecule is COCCNCc1snnc1-c1ccc(C(C)(C)C)cc1. The van der Waals surface area contributed by atoms with E-state index in [4.69, 9.17) is 4.74 Å². The van der Waals surface area contributed by atoms with E-state index < -0.39 is 0 Å². The molecule has 21 heavy (non-hydrogen) atoms. The van der Waals surface area contributed by atoms with Crippen LogP contribution in [0.1, 0.15) is 31.2 Å². The third kappa shape index (κ3) is 4.33. The molecule has 1 aromatic carbocycles. The molecule has 5 heteroatoms. The molecule has 0 amide bonds. The Morgan fingerprint density at radius 2 is 1.90 bits per heavy atom. The quantitative estimate of drug-likeness (QED) is 0.832. The van der Waals surface area contributed by atoms with Crippen molar-refractivity contribution in [3.05, 3.63) is 34.7 Å². The maximum Gasteiger partial charge on any atom is 0.110 e. The summed E-state index contributed by atoms with van der Waals surface area (Å²) < 4.78 is 9.12. The molecule has 0 aliphatic carbocycles. The molecule has 2 rings (SSSR count). The zero-order valence-electron chi connectivity index (χ0n) is 13.1. The smallest absolute Gasteiger partial charge is 0.110 e. The van der Waals surface area contributed by atoms with Gasteiger partial charge in [-0.3, -0.25) is 0 Å². The lowest BCUT2D eigenvalue weighted by molar-refractivity contribution is 0.199. The highest BCUT2D eigenvalue weighted by atomic mass is 32.1. The second kappa shape index (κ2) is 7.11. The average molecular weight is 305 g/mol. The predicted molar refractivity (Wildman–Crippen MR) is 87.6 cm³/mol. The van der Waals surface area contributed by atoms with Crippen molar-refractivity contribution in [3.8, 4) is 11.3 Å². The number of nitrogens with one attached hydrogen (secondary N) is 1. The maximum absolute atomic E-state index is 5.03. The molecule has 0 spiro atoms. The standard InChI is InChI=1S/C16H23N3OS/c1-16(2,3)13-7-5-12(6-8-13)15-14(21-19-18-15)11-17-9-10-20-4/h5-8,17H,9-11H2,1-4H3. The zero-order valence-corrected chi connectivity index (χ0v) is 14.0. The molecule has 2 aromatic rings. The molecule has 114 valence electrons. The highest BCUT2D eigenvalue weighted by molar-refractivity contribution is 7.05. The fraction of sp³-hybridized carbons (Fsp3) is 0.500. The van der Waals surface area contributed by atoms with Crippen LogP contribution in [0.4, 0.5) is 0 Å². The van der Waals surface area contributed by atoms with Gasteiger partial charge in [-0.2, -0.15) is 0 Å². The second-order valence-electron chi connectivity index (χ2n) is 6.04. The van der Waals surface area contributed by atoms with Gasteiger partial charge in [-0.05, 0) is 22.5 Å². The van der Waals surface area contributed by atoms with E-state index in [0.29, 0.717) is 6.61 Å². The van der Waals surface area contributed by atoms with Crippen molar-refractivity contribution in [1.82, 2.24) is 14.9 Å². The Labute approximate surface area is 130 Å². The minimum atomic E-state index is 0.170. The summed E-state index contributed by atoms with van der Waals surface area (Å²) in [4.78, 5) is 1.16. The van der Waals surface area contributed by atoms with Gasteiger partial charge in [0.25, 0.3) is 0 Å². The van der Waals surface area contributed by atoms with E-state index in [-0.39, 0.29) is 5.41 Å². The fourth-order valence-corrected chi connectivity index (χ4v) is 2.68. The highest BCUT2D eigenvalue weighted by Crippen LogP contribution is 2.27. The van der Waals surface area contributed by atoms with Crippen LogP contribution in [0.15, 0.2) is 24.3 Å². The van der Waals surface area contributed by atoms with E-state index >= 15 is 0 Å². The molecule has 4 nitrogen and oxygen atoms in total. The molecule has 0 atom stereocenters. The molecule has 0 bridgehead atoms. The minimum absolute atomic E-state index is 0.170. The van der Waals surface area contributed by atoms with Crippen LogP contribution in [0.25, 0.3) is 11.3 Å². The van der Waals surface area contributed by atoms with Crippen LogP contribution in [-0.4, -0.2) is 29.8 Å². The second-order valence-corrected chi connectivity index (χ2v) is 6.88. The summed E-state index contributed by atoms with van der Waals surface area (Å²) >= 11 is 1.45. The van der Waals surface area contributed by atoms with Gasteiger partial charge in [0.2, 0.25) is 0 Å². The molecular weight excluding hydrogens is 282 g/mol. The van der Waals surface area contributed by atoms with Gasteiger partial charge < -0.3 is 10.1 Å². The largest absolute Gasteiger partial charge is 0.383 e. The van der Waals surface area contributed by atoms with Gasteiger partial charge in [0.05, 0.1) is 11.5 Å². The van der Waals surface area contributed by atoms with Crippen LogP contribution in [0, 0.1) is 0 Å². The van der Waals surface area contributed by atoms with Crippen molar-refractivity contribution in [1.29, 1.82) is 0 Å². The van der Waals surface area contributed by atoms with Crippen molar-refractivity contribution < 1.29 is 4.74 Å². The number of methoxy groups -OCH3 is 1. The number of rotatable bonds is 6. The van der Waals surface area contributed by atoms with Crippen LogP contribution in [0.2, 0.25) is 0 Å². The number of benzene rings is 1. The lowest BCUT2D eigenvalue weighted by atomic mass is 9.86. The summed E-state index contributed by atoms with van der Waals surface area (Å²) in [5, 5.41) is 7.61. The summed E-state index contributed by atoms with van der Waals surface area (Å²) in [5.74, 6) is 0. The van der Waals surface area contributed by atoms with Gasteiger partial charge >= 0.3 is 0 Å². The van der Waals surface area contributed by atoms with Gasteiger partial charge in [-0.15, -0.1) is 5.10 Å². The van der Waals surface area contributed by atoms with Crippen LogP contribution in [0.3, 0.4) is 0 Å². The number of hydrogen-bond donors (Lipinski definition) is 1. The van der Waals surface area contributed by atoms with E-state index in [1.807, 2.05) is 0 Å². The molecular formula is C16H23N3OS. The molecule has 0 saturated carbocycles. The monoisotopic (exact) mass is 305 g/mol. The Balaban J connectivity index is 2.10. The summed E-state index contributed by atoms with van der Waals surface area (Å²) in [7, 11) is 1.71. The first kappa shape index (κ1) is 16.1. The van der Waals surface area contributed by atoms with Crippen molar-refractivity contribution in [2.45, 2.75) is 32.7 Å². The maximum atomic E-state index is 5.03. The lowest BCUT2D eigenvalue weighted by Crippen LogP contribution is -2.18. The Kier molecular flexibility index (Phi) is 5.45. The Bertz CT molecular complexity index is 558. The number of aromatic nitrogens is 2. The fourth-order valence-electron chi connectivity index (χ4n) is 2.05. The molecule has 0 aliphatic rings. The van der Waals surface area contributed by atoms with Gasteiger partial charge in [-0.1, -0.05) is 49.5 Å². The van der Waals surface area contributed by atoms with Crippen molar-refractivity contribution in [3.63, 3.8) is 0 Å². The highest BCUT2D eigenvalue weighted by Gasteiger charge is 2.15. The van der Waals surface area contributed by atoms with E-state index in [9.17, 15) is 0 Å².